The molecule has 1 aliphatic carbocycles. The zero-order valence-corrected chi connectivity index (χ0v) is 18.8. The van der Waals surface area contributed by atoms with E-state index in [4.69, 9.17) is 4.42 Å². The van der Waals surface area contributed by atoms with E-state index in [1.807, 2.05) is 0 Å². The molecule has 1 saturated heterocycles. The molecule has 1 saturated carbocycles. The van der Waals surface area contributed by atoms with Gasteiger partial charge >= 0.3 is 12.2 Å². The first-order valence-corrected chi connectivity index (χ1v) is 12.2. The average Bonchev–Trinajstić information content (AvgIpc) is 3.48. The lowest BCUT2D eigenvalue weighted by molar-refractivity contribution is -0.137. The first kappa shape index (κ1) is 23.3. The number of carbonyl (C=O) groups excluding carboxylic acids is 2. The number of furan rings is 1. The number of pyridine rings is 1. The number of aromatic nitrogens is 1. The number of amides is 3. The van der Waals surface area contributed by atoms with Crippen molar-refractivity contribution in [1.82, 2.24) is 20.3 Å². The van der Waals surface area contributed by atoms with Crippen molar-refractivity contribution in [3.63, 3.8) is 0 Å². The number of benzene rings is 1. The van der Waals surface area contributed by atoms with E-state index in [-0.39, 0.29) is 12.3 Å². The number of fused-ring (bicyclic) bond motifs is 1. The van der Waals surface area contributed by atoms with Crippen LogP contribution in [0.15, 0.2) is 51.9 Å². The predicted molar refractivity (Wildman–Crippen MR) is 116 cm³/mol. The summed E-state index contributed by atoms with van der Waals surface area (Å²) in [6.07, 6.45) is -3.39. The van der Waals surface area contributed by atoms with E-state index in [1.165, 1.54) is 6.07 Å². The highest BCUT2D eigenvalue weighted by Gasteiger charge is 2.54. The van der Waals surface area contributed by atoms with Crippen molar-refractivity contribution in [3.8, 4) is 11.5 Å². The molecule has 1 aliphatic heterocycles. The SMILES string of the molecule is O=C1NC(=O)C2(CCCC2CNS(=O)(=O)c2ccc(C(F)(F)F)c(-c3cc4ccccc4o3)n2)N1. The van der Waals surface area contributed by atoms with Crippen LogP contribution in [0.2, 0.25) is 0 Å². The molecule has 0 radical (unpaired) electrons. The van der Waals surface area contributed by atoms with E-state index in [0.29, 0.717) is 36.3 Å². The molecule has 0 bridgehead atoms. The quantitative estimate of drug-likeness (QED) is 0.454. The number of sulfonamides is 1. The molecule has 2 atom stereocenters. The Labute approximate surface area is 197 Å². The number of nitrogens with zero attached hydrogens (tertiary/aromatic N) is 1. The zero-order chi connectivity index (χ0) is 25.0. The lowest BCUT2D eigenvalue weighted by atomic mass is 9.87. The Morgan fingerprint density at radius 3 is 2.63 bits per heavy atom. The van der Waals surface area contributed by atoms with Crippen LogP contribution in [0, 0.1) is 5.92 Å². The Morgan fingerprint density at radius 1 is 1.17 bits per heavy atom. The van der Waals surface area contributed by atoms with Gasteiger partial charge in [0.25, 0.3) is 15.9 Å². The highest BCUT2D eigenvalue weighted by atomic mass is 32.2. The summed E-state index contributed by atoms with van der Waals surface area (Å²) in [6.45, 7) is -0.210. The van der Waals surface area contributed by atoms with Crippen LogP contribution in [0.25, 0.3) is 22.4 Å². The fourth-order valence-electron chi connectivity index (χ4n) is 4.71. The smallest absolute Gasteiger partial charge is 0.418 e. The Hall–Kier alpha value is -3.45. The third-order valence-electron chi connectivity index (χ3n) is 6.42. The zero-order valence-electron chi connectivity index (χ0n) is 18.0. The fourth-order valence-corrected chi connectivity index (χ4v) is 5.74. The van der Waals surface area contributed by atoms with E-state index in [0.717, 1.165) is 6.07 Å². The number of hydrogen-bond donors (Lipinski definition) is 3. The van der Waals surface area contributed by atoms with Gasteiger partial charge in [0.2, 0.25) is 0 Å². The average molecular weight is 508 g/mol. The molecule has 2 aromatic heterocycles. The van der Waals surface area contributed by atoms with Gasteiger partial charge in [-0.25, -0.2) is 22.9 Å². The van der Waals surface area contributed by atoms with Crippen molar-refractivity contribution in [2.24, 2.45) is 5.92 Å². The predicted octanol–water partition coefficient (Wildman–Crippen LogP) is 3.17. The Bertz CT molecular complexity index is 1420. The van der Waals surface area contributed by atoms with Gasteiger partial charge in [0.15, 0.2) is 10.8 Å². The summed E-state index contributed by atoms with van der Waals surface area (Å²) < 4.78 is 74.9. The third kappa shape index (κ3) is 4.04. The molecule has 2 fully saturated rings. The topological polar surface area (TPSA) is 130 Å². The van der Waals surface area contributed by atoms with Gasteiger partial charge in [0.05, 0.1) is 5.56 Å². The van der Waals surface area contributed by atoms with Crippen molar-refractivity contribution in [3.05, 3.63) is 48.0 Å². The number of halogens is 3. The van der Waals surface area contributed by atoms with Gasteiger partial charge in [0.1, 0.15) is 16.8 Å². The van der Waals surface area contributed by atoms with Gasteiger partial charge in [-0.05, 0) is 37.1 Å². The Kier molecular flexibility index (Phi) is 5.36. The minimum atomic E-state index is -4.80. The molecule has 3 aromatic rings. The number of rotatable bonds is 5. The van der Waals surface area contributed by atoms with Crippen molar-refractivity contribution in [1.29, 1.82) is 0 Å². The van der Waals surface area contributed by atoms with Gasteiger partial charge in [0, 0.05) is 17.8 Å². The molecule has 5 rings (SSSR count). The van der Waals surface area contributed by atoms with Crippen LogP contribution < -0.4 is 15.4 Å². The van der Waals surface area contributed by atoms with E-state index in [9.17, 15) is 31.2 Å². The van der Waals surface area contributed by atoms with E-state index in [2.05, 4.69) is 20.3 Å². The summed E-state index contributed by atoms with van der Waals surface area (Å²) in [7, 11) is -4.36. The summed E-state index contributed by atoms with van der Waals surface area (Å²) in [4.78, 5) is 27.8. The number of urea groups is 1. The van der Waals surface area contributed by atoms with E-state index in [1.54, 1.807) is 24.3 Å². The van der Waals surface area contributed by atoms with Crippen molar-refractivity contribution < 1.29 is 35.6 Å². The molecular formula is C22H19F3N4O5S. The second-order valence-electron chi connectivity index (χ2n) is 8.51. The fraction of sp³-hybridized carbons (Fsp3) is 0.318. The number of imide groups is 1. The van der Waals surface area contributed by atoms with Crippen LogP contribution in [0.5, 0.6) is 0 Å². The van der Waals surface area contributed by atoms with Gasteiger partial charge in [-0.15, -0.1) is 0 Å². The highest BCUT2D eigenvalue weighted by molar-refractivity contribution is 7.89. The van der Waals surface area contributed by atoms with Gasteiger partial charge in [-0.1, -0.05) is 24.6 Å². The van der Waals surface area contributed by atoms with Crippen LogP contribution in [0.4, 0.5) is 18.0 Å². The number of hydrogen-bond acceptors (Lipinski definition) is 6. The van der Waals surface area contributed by atoms with E-state index < -0.39 is 55.9 Å². The molecular weight excluding hydrogens is 489 g/mol. The van der Waals surface area contributed by atoms with Crippen molar-refractivity contribution >= 4 is 32.9 Å². The largest absolute Gasteiger partial charge is 0.454 e. The molecule has 9 nitrogen and oxygen atoms in total. The molecule has 184 valence electrons. The monoisotopic (exact) mass is 508 g/mol. The molecule has 1 aromatic carbocycles. The maximum atomic E-state index is 13.7. The summed E-state index contributed by atoms with van der Waals surface area (Å²) in [6, 6.07) is 8.69. The molecule has 2 unspecified atom stereocenters. The van der Waals surface area contributed by atoms with Crippen LogP contribution in [0.1, 0.15) is 24.8 Å². The maximum absolute atomic E-state index is 13.7. The summed E-state index contributed by atoms with van der Waals surface area (Å²) >= 11 is 0. The minimum Gasteiger partial charge on any atom is -0.454 e. The molecule has 3 heterocycles. The second kappa shape index (κ2) is 8.05. The third-order valence-corrected chi connectivity index (χ3v) is 7.74. The number of nitrogens with one attached hydrogen (secondary N) is 3. The highest BCUT2D eigenvalue weighted by Crippen LogP contribution is 2.39. The Balaban J connectivity index is 1.47. The van der Waals surface area contributed by atoms with Crippen LogP contribution in [-0.4, -0.2) is 37.4 Å². The molecule has 1 spiro atoms. The molecule has 3 N–H and O–H groups in total. The number of para-hydroxylation sites is 1. The van der Waals surface area contributed by atoms with Crippen LogP contribution in [-0.2, 0) is 21.0 Å². The first-order chi connectivity index (χ1) is 16.5. The molecule has 2 aliphatic rings. The lowest BCUT2D eigenvalue weighted by Crippen LogP contribution is -2.53. The number of alkyl halides is 3. The van der Waals surface area contributed by atoms with Crippen LogP contribution in [0.3, 0.4) is 0 Å². The van der Waals surface area contributed by atoms with E-state index >= 15 is 0 Å². The van der Waals surface area contributed by atoms with Gasteiger partial charge < -0.3 is 9.73 Å². The first-order valence-electron chi connectivity index (χ1n) is 10.7. The minimum absolute atomic E-state index is 0.210. The molecule has 35 heavy (non-hydrogen) atoms. The normalized spacial score (nSPS) is 22.7. The number of carbonyl (C=O) groups is 2. The standard InChI is InChI=1S/C22H19F3N4O5S/c23-22(24,25)14-7-8-17(27-18(14)16-10-12-4-1-2-6-15(12)34-16)35(32,33)26-11-13-5-3-9-21(13)19(30)28-20(31)29-21/h1-2,4,6-8,10,13,26H,3,5,9,11H2,(H2,28,29,30,31). The van der Waals surface area contributed by atoms with Crippen molar-refractivity contribution in [2.45, 2.75) is 36.0 Å². The van der Waals surface area contributed by atoms with Crippen molar-refractivity contribution in [2.75, 3.05) is 6.54 Å². The second-order valence-corrected chi connectivity index (χ2v) is 10.2. The van der Waals surface area contributed by atoms with Gasteiger partial charge in [-0.2, -0.15) is 13.2 Å². The van der Waals surface area contributed by atoms with Gasteiger partial charge in [-0.3, -0.25) is 10.1 Å². The maximum Gasteiger partial charge on any atom is 0.418 e. The Morgan fingerprint density at radius 2 is 1.94 bits per heavy atom. The summed E-state index contributed by atoms with van der Waals surface area (Å²) in [5.41, 5.74) is -2.69. The molecule has 3 amide bonds. The lowest BCUT2D eigenvalue weighted by Gasteiger charge is -2.28. The van der Waals surface area contributed by atoms with Crippen LogP contribution >= 0.6 is 0 Å². The summed E-state index contributed by atoms with van der Waals surface area (Å²) in [5, 5.41) is 4.66. The summed E-state index contributed by atoms with van der Waals surface area (Å²) in [5.74, 6) is -1.28. The molecule has 13 heteroatoms.